The van der Waals surface area contributed by atoms with Gasteiger partial charge in [0.25, 0.3) is 5.91 Å². The van der Waals surface area contributed by atoms with Crippen molar-refractivity contribution < 1.29 is 33.8 Å². The van der Waals surface area contributed by atoms with Gasteiger partial charge in [-0.15, -0.1) is 0 Å². The van der Waals surface area contributed by atoms with Gasteiger partial charge in [0.2, 0.25) is 11.8 Å². The standard InChI is InChI=1S/C40H43N3O7/c1-4-29(24-44)43-36-38(47)42(30-19-18-26-13-10-11-16-28(26)23-30)22-12-6-9-17-32(45)41(3)25(2)35(27-14-7-5-8-15-27)49-39(48)33-31-20-21-40(36,50-31)34(33)37(43)46/h5-8,10-16,18-21,23,25,29,31,33-36,44H,4,9,17,22,24H2,1-3H3/b12-6-/t25-,29+,31+,33-,34-,35+,36+,40-/m1/s1. The van der Waals surface area contributed by atoms with E-state index in [0.29, 0.717) is 24.1 Å². The van der Waals surface area contributed by atoms with E-state index in [4.69, 9.17) is 9.47 Å². The molecule has 4 heterocycles. The number of likely N-dealkylation sites (tertiary alicyclic amines) is 1. The number of carbonyl (C=O) groups excluding carboxylic acids is 4. The van der Waals surface area contributed by atoms with Gasteiger partial charge in [0.1, 0.15) is 23.7 Å². The van der Waals surface area contributed by atoms with Gasteiger partial charge >= 0.3 is 5.97 Å². The Morgan fingerprint density at radius 1 is 0.940 bits per heavy atom. The van der Waals surface area contributed by atoms with E-state index >= 15 is 4.79 Å². The molecule has 4 aliphatic heterocycles. The highest BCUT2D eigenvalue weighted by Gasteiger charge is 2.74. The zero-order chi connectivity index (χ0) is 35.2. The molecule has 0 aromatic heterocycles. The van der Waals surface area contributed by atoms with Crippen LogP contribution in [0, 0.1) is 11.8 Å². The smallest absolute Gasteiger partial charge is 0.313 e. The first-order chi connectivity index (χ1) is 24.2. The largest absolute Gasteiger partial charge is 0.455 e. The molecule has 0 radical (unpaired) electrons. The van der Waals surface area contributed by atoms with E-state index in [2.05, 4.69) is 0 Å². The molecule has 10 heteroatoms. The number of anilines is 1. The third-order valence-electron chi connectivity index (χ3n) is 11.0. The number of allylic oxidation sites excluding steroid dienone is 1. The number of ether oxygens (including phenoxy) is 2. The Kier molecular flexibility index (Phi) is 9.09. The Labute approximate surface area is 291 Å². The highest BCUT2D eigenvalue weighted by molar-refractivity contribution is 6.06. The van der Waals surface area contributed by atoms with Crippen molar-refractivity contribution in [1.82, 2.24) is 9.80 Å². The molecule has 3 aromatic carbocycles. The van der Waals surface area contributed by atoms with Crippen LogP contribution in [0.3, 0.4) is 0 Å². The number of esters is 1. The van der Waals surface area contributed by atoms with Gasteiger partial charge in [-0.05, 0) is 48.2 Å². The average Bonchev–Trinajstić information content (AvgIpc) is 3.79. The quantitative estimate of drug-likeness (QED) is 0.311. The van der Waals surface area contributed by atoms with E-state index in [1.807, 2.05) is 98.8 Å². The summed E-state index contributed by atoms with van der Waals surface area (Å²) in [6.07, 6.45) is 6.72. The number of likely N-dealkylation sites (N-methyl/N-ethyl adjacent to an activating group) is 1. The highest BCUT2D eigenvalue weighted by atomic mass is 16.6. The molecule has 7 rings (SSSR count). The summed E-state index contributed by atoms with van der Waals surface area (Å²) < 4.78 is 12.9. The van der Waals surface area contributed by atoms with Gasteiger partial charge in [0.05, 0.1) is 30.7 Å². The van der Waals surface area contributed by atoms with Gasteiger partial charge in [-0.3, -0.25) is 19.2 Å². The summed E-state index contributed by atoms with van der Waals surface area (Å²) in [6.45, 7) is 3.51. The first-order valence-electron chi connectivity index (χ1n) is 17.5. The molecule has 1 N–H and O–H groups in total. The maximum absolute atomic E-state index is 15.1. The number of benzene rings is 3. The van der Waals surface area contributed by atoms with Crippen LogP contribution in [0.15, 0.2) is 97.1 Å². The van der Waals surface area contributed by atoms with Gasteiger partial charge in [-0.25, -0.2) is 0 Å². The molecule has 10 nitrogen and oxygen atoms in total. The number of hydrogen-bond acceptors (Lipinski definition) is 7. The van der Waals surface area contributed by atoms with Crippen LogP contribution < -0.4 is 4.90 Å². The Morgan fingerprint density at radius 3 is 2.42 bits per heavy atom. The highest BCUT2D eigenvalue weighted by Crippen LogP contribution is 2.56. The molecular formula is C40H43N3O7. The second-order valence-electron chi connectivity index (χ2n) is 13.7. The van der Waals surface area contributed by atoms with Gasteiger partial charge in [-0.2, -0.15) is 0 Å². The number of hydrogen-bond donors (Lipinski definition) is 1. The van der Waals surface area contributed by atoms with Crippen LogP contribution >= 0.6 is 0 Å². The molecule has 50 heavy (non-hydrogen) atoms. The van der Waals surface area contributed by atoms with E-state index in [9.17, 15) is 19.5 Å². The normalized spacial score (nSPS) is 31.3. The van der Waals surface area contributed by atoms with Crippen molar-refractivity contribution in [2.45, 2.75) is 69.0 Å². The van der Waals surface area contributed by atoms with Crippen LogP contribution in [0.25, 0.3) is 10.8 Å². The van der Waals surface area contributed by atoms with Gasteiger partial charge in [0.15, 0.2) is 0 Å². The third kappa shape index (κ3) is 5.51. The number of fused-ring (bicyclic) bond motifs is 3. The second-order valence-corrected chi connectivity index (χ2v) is 13.7. The van der Waals surface area contributed by atoms with E-state index in [1.165, 1.54) is 4.90 Å². The zero-order valence-electron chi connectivity index (χ0n) is 28.6. The Bertz CT molecular complexity index is 1860. The van der Waals surface area contributed by atoms with E-state index in [1.54, 1.807) is 29.0 Å². The summed E-state index contributed by atoms with van der Waals surface area (Å²) in [4.78, 5) is 62.3. The predicted molar refractivity (Wildman–Crippen MR) is 188 cm³/mol. The number of amides is 3. The van der Waals surface area contributed by atoms with Crippen LogP contribution in [0.2, 0.25) is 0 Å². The first-order valence-corrected chi connectivity index (χ1v) is 17.5. The SMILES string of the molecule is CC[C@@H](CO)N1C(=O)[C@H]2[C@@H]3C(=O)O[C@H](c4ccccc4)[C@@H](C)N(C)C(=O)CC/C=C\CN(c4ccc5ccccc5c4)C(=O)[C@H]1[C@@]21C=C[C@@H]3O1. The van der Waals surface area contributed by atoms with Crippen molar-refractivity contribution in [1.29, 1.82) is 0 Å². The maximum atomic E-state index is 15.1. The molecular weight excluding hydrogens is 634 g/mol. The van der Waals surface area contributed by atoms with Crippen molar-refractivity contribution in [3.63, 3.8) is 0 Å². The van der Waals surface area contributed by atoms with Crippen LogP contribution in [0.5, 0.6) is 0 Å². The molecule has 4 aliphatic rings. The molecule has 260 valence electrons. The number of aliphatic hydroxyl groups excluding tert-OH is 1. The Morgan fingerprint density at radius 2 is 1.68 bits per heavy atom. The van der Waals surface area contributed by atoms with Gasteiger partial charge in [-0.1, -0.05) is 91.9 Å². The van der Waals surface area contributed by atoms with Crippen LogP contribution in [0.1, 0.15) is 44.8 Å². The van der Waals surface area contributed by atoms with E-state index in [-0.39, 0.29) is 31.4 Å². The van der Waals surface area contributed by atoms with Gasteiger partial charge < -0.3 is 29.3 Å². The molecule has 3 amide bonds. The van der Waals surface area contributed by atoms with Crippen LogP contribution in [0.4, 0.5) is 5.69 Å². The summed E-state index contributed by atoms with van der Waals surface area (Å²) in [6, 6.07) is 20.5. The lowest BCUT2D eigenvalue weighted by Crippen LogP contribution is -2.58. The van der Waals surface area contributed by atoms with Gasteiger partial charge in [0, 0.05) is 25.7 Å². The monoisotopic (exact) mass is 677 g/mol. The minimum atomic E-state index is -1.45. The molecule has 0 aliphatic carbocycles. The topological polar surface area (TPSA) is 117 Å². The zero-order valence-corrected chi connectivity index (χ0v) is 28.6. The molecule has 2 fully saturated rings. The molecule has 0 unspecified atom stereocenters. The van der Waals surface area contributed by atoms with Crippen molar-refractivity contribution in [3.05, 3.63) is 103 Å². The summed E-state index contributed by atoms with van der Waals surface area (Å²) in [7, 11) is 1.70. The van der Waals surface area contributed by atoms with Crippen LogP contribution in [-0.2, 0) is 28.7 Å². The fourth-order valence-corrected chi connectivity index (χ4v) is 8.18. The van der Waals surface area contributed by atoms with Crippen molar-refractivity contribution in [2.75, 3.05) is 25.1 Å². The van der Waals surface area contributed by atoms with E-state index < -0.39 is 59.6 Å². The average molecular weight is 678 g/mol. The Hall–Kier alpha value is -4.80. The number of cyclic esters (lactones) is 1. The van der Waals surface area contributed by atoms with Crippen molar-refractivity contribution in [3.8, 4) is 0 Å². The molecule has 0 saturated carbocycles. The maximum Gasteiger partial charge on any atom is 0.313 e. The lowest BCUT2D eigenvalue weighted by atomic mass is 9.74. The molecule has 5 bridgehead atoms. The minimum Gasteiger partial charge on any atom is -0.455 e. The Balaban J connectivity index is 1.36. The van der Waals surface area contributed by atoms with E-state index in [0.717, 1.165) is 10.8 Å². The second kappa shape index (κ2) is 13.5. The molecule has 1 spiro atoms. The third-order valence-corrected chi connectivity index (χ3v) is 11.0. The summed E-state index contributed by atoms with van der Waals surface area (Å²) in [5, 5.41) is 12.5. The molecule has 3 aromatic rings. The lowest BCUT2D eigenvalue weighted by molar-refractivity contribution is -0.164. The summed E-state index contributed by atoms with van der Waals surface area (Å²) in [5.74, 6) is -3.64. The molecule has 8 atom stereocenters. The number of carbonyl (C=O) groups is 4. The van der Waals surface area contributed by atoms with Crippen molar-refractivity contribution >= 4 is 40.2 Å². The first kappa shape index (κ1) is 33.7. The summed E-state index contributed by atoms with van der Waals surface area (Å²) >= 11 is 0. The summed E-state index contributed by atoms with van der Waals surface area (Å²) in [5.41, 5.74) is -0.105. The fraction of sp³-hybridized carbons (Fsp3) is 0.400. The molecule has 2 saturated heterocycles. The minimum absolute atomic E-state index is 0.115. The lowest BCUT2D eigenvalue weighted by Gasteiger charge is -2.38. The number of aliphatic hydroxyl groups is 1. The van der Waals surface area contributed by atoms with Crippen LogP contribution in [-0.4, -0.2) is 88.6 Å². The predicted octanol–water partition coefficient (Wildman–Crippen LogP) is 4.58. The number of rotatable bonds is 5. The van der Waals surface area contributed by atoms with Crippen molar-refractivity contribution in [2.24, 2.45) is 11.8 Å². The fourth-order valence-electron chi connectivity index (χ4n) is 8.18. The number of nitrogens with zero attached hydrogens (tertiary/aromatic N) is 3.